The molecule has 1 aromatic rings. The summed E-state index contributed by atoms with van der Waals surface area (Å²) in [5.74, 6) is 1.51. The van der Waals surface area contributed by atoms with E-state index in [0.717, 1.165) is 25.4 Å². The second-order valence-corrected chi connectivity index (χ2v) is 5.67. The van der Waals surface area contributed by atoms with E-state index < -0.39 is 0 Å². The van der Waals surface area contributed by atoms with Crippen molar-refractivity contribution in [1.82, 2.24) is 15.3 Å². The fourth-order valence-electron chi connectivity index (χ4n) is 3.67. The summed E-state index contributed by atoms with van der Waals surface area (Å²) in [7, 11) is 0. The van der Waals surface area contributed by atoms with Crippen LogP contribution in [-0.4, -0.2) is 16.5 Å². The number of nitrogens with zero attached hydrogens (tertiary/aromatic N) is 2. The number of rotatable bonds is 2. The lowest BCUT2D eigenvalue weighted by atomic mass is 9.74. The van der Waals surface area contributed by atoms with E-state index >= 15 is 0 Å². The van der Waals surface area contributed by atoms with Gasteiger partial charge in [0.25, 0.3) is 0 Å². The Bertz CT molecular complexity index is 416. The molecule has 3 nitrogen and oxygen atoms in total. The quantitative estimate of drug-likeness (QED) is 0.870. The Morgan fingerprint density at radius 1 is 1.28 bits per heavy atom. The summed E-state index contributed by atoms with van der Waals surface area (Å²) in [5, 5.41) is 3.47. The minimum Gasteiger partial charge on any atom is -0.312 e. The predicted molar refractivity (Wildman–Crippen MR) is 72.4 cm³/mol. The van der Waals surface area contributed by atoms with Crippen molar-refractivity contribution in [2.75, 3.05) is 6.54 Å². The second kappa shape index (κ2) is 5.35. The van der Waals surface area contributed by atoms with Crippen LogP contribution < -0.4 is 5.32 Å². The maximum absolute atomic E-state index is 4.66. The number of fused-ring (bicyclic) bond motifs is 1. The van der Waals surface area contributed by atoms with Gasteiger partial charge < -0.3 is 5.32 Å². The monoisotopic (exact) mass is 245 g/mol. The summed E-state index contributed by atoms with van der Waals surface area (Å²) in [6.07, 6.45) is 9.62. The molecule has 1 fully saturated rings. The molecule has 2 heterocycles. The van der Waals surface area contributed by atoms with Gasteiger partial charge in [0.2, 0.25) is 0 Å². The Morgan fingerprint density at radius 2 is 2.17 bits per heavy atom. The molecule has 1 N–H and O–H groups in total. The molecule has 0 spiro atoms. The SMILES string of the molecule is CCC1CCCCC1c1ncnc2c1CNCC2. The van der Waals surface area contributed by atoms with Gasteiger partial charge in [-0.2, -0.15) is 0 Å². The second-order valence-electron chi connectivity index (χ2n) is 5.67. The summed E-state index contributed by atoms with van der Waals surface area (Å²) in [6, 6.07) is 0. The molecule has 3 rings (SSSR count). The Balaban J connectivity index is 1.95. The van der Waals surface area contributed by atoms with Gasteiger partial charge in [0.05, 0.1) is 5.69 Å². The van der Waals surface area contributed by atoms with E-state index in [2.05, 4.69) is 22.2 Å². The Hall–Kier alpha value is -0.960. The molecule has 98 valence electrons. The van der Waals surface area contributed by atoms with Crippen LogP contribution in [0.25, 0.3) is 0 Å². The van der Waals surface area contributed by atoms with Gasteiger partial charge >= 0.3 is 0 Å². The van der Waals surface area contributed by atoms with Gasteiger partial charge in [-0.25, -0.2) is 9.97 Å². The normalized spacial score (nSPS) is 27.8. The van der Waals surface area contributed by atoms with Crippen molar-refractivity contribution in [3.05, 3.63) is 23.3 Å². The molecule has 2 aliphatic rings. The average Bonchev–Trinajstić information content (AvgIpc) is 2.46. The van der Waals surface area contributed by atoms with Crippen LogP contribution >= 0.6 is 0 Å². The Labute approximate surface area is 109 Å². The zero-order valence-corrected chi connectivity index (χ0v) is 11.3. The minimum atomic E-state index is 0.681. The first-order valence-electron chi connectivity index (χ1n) is 7.43. The largest absolute Gasteiger partial charge is 0.312 e. The van der Waals surface area contributed by atoms with Crippen LogP contribution in [0.5, 0.6) is 0 Å². The number of hydrogen-bond donors (Lipinski definition) is 1. The summed E-state index contributed by atoms with van der Waals surface area (Å²) in [5.41, 5.74) is 4.06. The molecule has 1 aliphatic carbocycles. The predicted octanol–water partition coefficient (Wildman–Crippen LogP) is 2.81. The molecule has 0 saturated heterocycles. The van der Waals surface area contributed by atoms with E-state index in [4.69, 9.17) is 0 Å². The highest BCUT2D eigenvalue weighted by atomic mass is 14.9. The van der Waals surface area contributed by atoms with Crippen LogP contribution in [-0.2, 0) is 13.0 Å². The van der Waals surface area contributed by atoms with E-state index in [9.17, 15) is 0 Å². The van der Waals surface area contributed by atoms with Crippen molar-refractivity contribution in [2.24, 2.45) is 5.92 Å². The molecule has 0 bridgehead atoms. The lowest BCUT2D eigenvalue weighted by Gasteiger charge is -2.32. The minimum absolute atomic E-state index is 0.681. The molecule has 1 aromatic heterocycles. The number of aromatic nitrogens is 2. The van der Waals surface area contributed by atoms with Crippen LogP contribution in [0.3, 0.4) is 0 Å². The maximum atomic E-state index is 4.66. The van der Waals surface area contributed by atoms with Gasteiger partial charge in [-0.3, -0.25) is 0 Å². The lowest BCUT2D eigenvalue weighted by Crippen LogP contribution is -2.29. The fraction of sp³-hybridized carbons (Fsp3) is 0.733. The fourth-order valence-corrected chi connectivity index (χ4v) is 3.67. The lowest BCUT2D eigenvalue weighted by molar-refractivity contribution is 0.292. The van der Waals surface area contributed by atoms with Crippen molar-refractivity contribution >= 4 is 0 Å². The molecular weight excluding hydrogens is 222 g/mol. The van der Waals surface area contributed by atoms with Gasteiger partial charge in [-0.1, -0.05) is 26.2 Å². The number of hydrogen-bond acceptors (Lipinski definition) is 3. The molecule has 0 aromatic carbocycles. The van der Waals surface area contributed by atoms with Gasteiger partial charge in [0.15, 0.2) is 0 Å². The zero-order chi connectivity index (χ0) is 12.4. The van der Waals surface area contributed by atoms with E-state index in [-0.39, 0.29) is 0 Å². The van der Waals surface area contributed by atoms with Crippen LogP contribution in [0.4, 0.5) is 0 Å². The average molecular weight is 245 g/mol. The Kier molecular flexibility index (Phi) is 3.59. The van der Waals surface area contributed by atoms with Crippen molar-refractivity contribution in [3.63, 3.8) is 0 Å². The van der Waals surface area contributed by atoms with Gasteiger partial charge in [-0.05, 0) is 18.8 Å². The number of nitrogens with one attached hydrogen (secondary N) is 1. The third-order valence-corrected chi connectivity index (χ3v) is 4.69. The maximum Gasteiger partial charge on any atom is 0.115 e. The van der Waals surface area contributed by atoms with Crippen LogP contribution in [0, 0.1) is 5.92 Å². The first-order valence-corrected chi connectivity index (χ1v) is 7.43. The van der Waals surface area contributed by atoms with E-state index in [0.29, 0.717) is 5.92 Å². The summed E-state index contributed by atoms with van der Waals surface area (Å²) in [6.45, 7) is 4.36. The van der Waals surface area contributed by atoms with E-state index in [1.54, 1.807) is 6.33 Å². The molecule has 3 heteroatoms. The third-order valence-electron chi connectivity index (χ3n) is 4.69. The van der Waals surface area contributed by atoms with Gasteiger partial charge in [-0.15, -0.1) is 0 Å². The molecular formula is C15H23N3. The van der Waals surface area contributed by atoms with Crippen molar-refractivity contribution < 1.29 is 0 Å². The third kappa shape index (κ3) is 2.16. The van der Waals surface area contributed by atoms with Crippen LogP contribution in [0.2, 0.25) is 0 Å². The van der Waals surface area contributed by atoms with Crippen molar-refractivity contribution in [3.8, 4) is 0 Å². The summed E-state index contributed by atoms with van der Waals surface area (Å²) in [4.78, 5) is 9.14. The molecule has 1 saturated carbocycles. The van der Waals surface area contributed by atoms with E-state index in [1.165, 1.54) is 49.1 Å². The molecule has 0 radical (unpaired) electrons. The van der Waals surface area contributed by atoms with Crippen LogP contribution in [0.15, 0.2) is 6.33 Å². The molecule has 1 aliphatic heterocycles. The van der Waals surface area contributed by atoms with Gasteiger partial charge in [0.1, 0.15) is 6.33 Å². The summed E-state index contributed by atoms with van der Waals surface area (Å²) < 4.78 is 0. The Morgan fingerprint density at radius 3 is 3.06 bits per heavy atom. The zero-order valence-electron chi connectivity index (χ0n) is 11.3. The molecule has 0 amide bonds. The van der Waals surface area contributed by atoms with E-state index in [1.807, 2.05) is 0 Å². The molecule has 18 heavy (non-hydrogen) atoms. The van der Waals surface area contributed by atoms with Gasteiger partial charge in [0, 0.05) is 36.7 Å². The topological polar surface area (TPSA) is 37.8 Å². The first-order chi connectivity index (χ1) is 8.90. The highest BCUT2D eigenvalue weighted by Gasteiger charge is 2.29. The van der Waals surface area contributed by atoms with Crippen molar-refractivity contribution in [1.29, 1.82) is 0 Å². The summed E-state index contributed by atoms with van der Waals surface area (Å²) >= 11 is 0. The van der Waals surface area contributed by atoms with Crippen LogP contribution in [0.1, 0.15) is 61.9 Å². The highest BCUT2D eigenvalue weighted by molar-refractivity contribution is 5.30. The molecule has 2 unspecified atom stereocenters. The first kappa shape index (κ1) is 12.1. The van der Waals surface area contributed by atoms with Crippen molar-refractivity contribution in [2.45, 2.75) is 57.9 Å². The smallest absolute Gasteiger partial charge is 0.115 e. The highest BCUT2D eigenvalue weighted by Crippen LogP contribution is 2.40. The molecule has 2 atom stereocenters. The standard InChI is InChI=1S/C15H23N3/c1-2-11-5-3-4-6-12(11)15-13-9-16-8-7-14(13)17-10-18-15/h10-12,16H,2-9H2,1H3.